The number of Topliss-reactive ketones (excluding diaryl/α,β-unsaturated/α-hetero) is 1. The summed E-state index contributed by atoms with van der Waals surface area (Å²) in [4.78, 5) is 11.2. The molecular weight excluding hydrogens is 150 g/mol. The van der Waals surface area contributed by atoms with Crippen LogP contribution in [0.3, 0.4) is 0 Å². The lowest BCUT2D eigenvalue weighted by molar-refractivity contribution is -0.119. The van der Waals surface area contributed by atoms with Crippen LogP contribution in [-0.4, -0.2) is 19.4 Å². The fourth-order valence-electron chi connectivity index (χ4n) is 1.98. The summed E-state index contributed by atoms with van der Waals surface area (Å²) in [5.74, 6) is 1.07. The Morgan fingerprint density at radius 1 is 1.33 bits per heavy atom. The minimum absolute atomic E-state index is 0.379. The molecule has 1 aliphatic carbocycles. The Labute approximate surface area is 74.7 Å². The van der Waals surface area contributed by atoms with Gasteiger partial charge in [0, 0.05) is 6.42 Å². The van der Waals surface area contributed by atoms with Gasteiger partial charge in [-0.1, -0.05) is 32.1 Å². The van der Waals surface area contributed by atoms with Crippen LogP contribution in [0, 0.1) is 5.92 Å². The minimum atomic E-state index is 0.379. The van der Waals surface area contributed by atoms with Crippen LogP contribution >= 0.6 is 0 Å². The van der Waals surface area contributed by atoms with E-state index in [-0.39, 0.29) is 0 Å². The van der Waals surface area contributed by atoms with E-state index < -0.39 is 0 Å². The van der Waals surface area contributed by atoms with Crippen molar-refractivity contribution in [3.8, 4) is 0 Å². The smallest absolute Gasteiger partial charge is 0.146 e. The number of hydrogen-bond acceptors (Lipinski definition) is 2. The summed E-state index contributed by atoms with van der Waals surface area (Å²) in [6.07, 6.45) is 7.39. The largest absolute Gasteiger partial charge is 0.313 e. The van der Waals surface area contributed by atoms with Crippen molar-refractivity contribution >= 4 is 5.78 Å². The van der Waals surface area contributed by atoms with E-state index in [0.29, 0.717) is 18.2 Å². The Kier molecular flexibility index (Phi) is 4.30. The van der Waals surface area contributed by atoms with E-state index >= 15 is 0 Å². The Hall–Kier alpha value is -0.370. The van der Waals surface area contributed by atoms with Crippen LogP contribution < -0.4 is 5.32 Å². The molecule has 0 unspecified atom stereocenters. The molecule has 0 aromatic rings. The second-order valence-corrected chi connectivity index (χ2v) is 3.78. The third kappa shape index (κ3) is 3.35. The third-order valence-electron chi connectivity index (χ3n) is 2.62. The highest BCUT2D eigenvalue weighted by atomic mass is 16.1. The van der Waals surface area contributed by atoms with E-state index in [1.54, 1.807) is 0 Å². The molecule has 0 saturated heterocycles. The zero-order chi connectivity index (χ0) is 8.81. The Morgan fingerprint density at radius 3 is 2.58 bits per heavy atom. The van der Waals surface area contributed by atoms with Crippen LogP contribution in [0.5, 0.6) is 0 Å². The molecule has 0 spiro atoms. The molecule has 2 heteroatoms. The van der Waals surface area contributed by atoms with E-state index in [2.05, 4.69) is 5.32 Å². The SMILES string of the molecule is CNCC(=O)CC1CCCCC1. The fourth-order valence-corrected chi connectivity index (χ4v) is 1.98. The normalized spacial score (nSPS) is 19.4. The summed E-state index contributed by atoms with van der Waals surface area (Å²) in [6.45, 7) is 0.552. The number of nitrogens with one attached hydrogen (secondary N) is 1. The zero-order valence-corrected chi connectivity index (χ0v) is 7.94. The van der Waals surface area contributed by atoms with Gasteiger partial charge >= 0.3 is 0 Å². The highest BCUT2D eigenvalue weighted by Crippen LogP contribution is 2.26. The second kappa shape index (κ2) is 5.31. The molecule has 1 aliphatic rings. The molecule has 0 heterocycles. The molecule has 0 radical (unpaired) electrons. The van der Waals surface area contributed by atoms with E-state index in [0.717, 1.165) is 6.42 Å². The van der Waals surface area contributed by atoms with Crippen LogP contribution in [0.25, 0.3) is 0 Å². The van der Waals surface area contributed by atoms with Gasteiger partial charge < -0.3 is 5.32 Å². The zero-order valence-electron chi connectivity index (χ0n) is 7.94. The topological polar surface area (TPSA) is 29.1 Å². The summed E-state index contributed by atoms with van der Waals surface area (Å²) in [5.41, 5.74) is 0. The van der Waals surface area contributed by atoms with Crippen molar-refractivity contribution in [1.82, 2.24) is 5.32 Å². The van der Waals surface area contributed by atoms with Gasteiger partial charge in [-0.05, 0) is 13.0 Å². The maximum atomic E-state index is 11.2. The first-order valence-corrected chi connectivity index (χ1v) is 4.99. The first-order chi connectivity index (χ1) is 5.83. The van der Waals surface area contributed by atoms with Gasteiger partial charge in [0.05, 0.1) is 6.54 Å². The summed E-state index contributed by atoms with van der Waals surface area (Å²) in [5, 5.41) is 2.91. The molecule has 70 valence electrons. The van der Waals surface area contributed by atoms with Crippen LogP contribution in [-0.2, 0) is 4.79 Å². The quantitative estimate of drug-likeness (QED) is 0.694. The van der Waals surface area contributed by atoms with Gasteiger partial charge in [-0.25, -0.2) is 0 Å². The van der Waals surface area contributed by atoms with E-state index in [9.17, 15) is 4.79 Å². The molecule has 2 nitrogen and oxygen atoms in total. The minimum Gasteiger partial charge on any atom is -0.313 e. The summed E-state index contributed by atoms with van der Waals surface area (Å²) < 4.78 is 0. The Morgan fingerprint density at radius 2 is 2.00 bits per heavy atom. The third-order valence-corrected chi connectivity index (χ3v) is 2.62. The summed E-state index contributed by atoms with van der Waals surface area (Å²) in [7, 11) is 1.83. The molecule has 1 fully saturated rings. The van der Waals surface area contributed by atoms with Gasteiger partial charge in [0.1, 0.15) is 5.78 Å². The van der Waals surface area contributed by atoms with Gasteiger partial charge in [-0.15, -0.1) is 0 Å². The van der Waals surface area contributed by atoms with Crippen molar-refractivity contribution in [3.05, 3.63) is 0 Å². The lowest BCUT2D eigenvalue weighted by atomic mass is 9.86. The van der Waals surface area contributed by atoms with Crippen LogP contribution in [0.15, 0.2) is 0 Å². The van der Waals surface area contributed by atoms with Crippen LogP contribution in [0.2, 0.25) is 0 Å². The first kappa shape index (κ1) is 9.72. The highest BCUT2D eigenvalue weighted by molar-refractivity contribution is 5.80. The number of carbonyl (C=O) groups excluding carboxylic acids is 1. The second-order valence-electron chi connectivity index (χ2n) is 3.78. The van der Waals surface area contributed by atoms with Gasteiger partial charge in [-0.3, -0.25) is 4.79 Å². The highest BCUT2D eigenvalue weighted by Gasteiger charge is 2.15. The molecular formula is C10H19NO. The Balaban J connectivity index is 2.15. The molecule has 0 bridgehead atoms. The standard InChI is InChI=1S/C10H19NO/c1-11-8-10(12)7-9-5-3-2-4-6-9/h9,11H,2-8H2,1H3. The maximum absolute atomic E-state index is 11.2. The number of likely N-dealkylation sites (N-methyl/N-ethyl adjacent to an activating group) is 1. The molecule has 0 amide bonds. The number of rotatable bonds is 4. The predicted molar refractivity (Wildman–Crippen MR) is 50.1 cm³/mol. The van der Waals surface area contributed by atoms with Crippen molar-refractivity contribution < 1.29 is 4.79 Å². The molecule has 0 aromatic carbocycles. The molecule has 0 aromatic heterocycles. The van der Waals surface area contributed by atoms with Gasteiger partial charge in [0.25, 0.3) is 0 Å². The number of carbonyl (C=O) groups is 1. The van der Waals surface area contributed by atoms with Crippen molar-refractivity contribution in [2.45, 2.75) is 38.5 Å². The van der Waals surface area contributed by atoms with Crippen LogP contribution in [0.4, 0.5) is 0 Å². The van der Waals surface area contributed by atoms with E-state index in [1.807, 2.05) is 7.05 Å². The molecule has 12 heavy (non-hydrogen) atoms. The molecule has 1 rings (SSSR count). The van der Waals surface area contributed by atoms with Gasteiger partial charge in [-0.2, -0.15) is 0 Å². The molecule has 1 saturated carbocycles. The van der Waals surface area contributed by atoms with Crippen molar-refractivity contribution in [1.29, 1.82) is 0 Å². The van der Waals surface area contributed by atoms with Crippen molar-refractivity contribution in [2.24, 2.45) is 5.92 Å². The van der Waals surface area contributed by atoms with Gasteiger partial charge in [0.2, 0.25) is 0 Å². The molecule has 0 aliphatic heterocycles. The monoisotopic (exact) mass is 169 g/mol. The first-order valence-electron chi connectivity index (χ1n) is 4.99. The maximum Gasteiger partial charge on any atom is 0.146 e. The summed E-state index contributed by atoms with van der Waals surface area (Å²) in [6, 6.07) is 0. The van der Waals surface area contributed by atoms with Crippen molar-refractivity contribution in [3.63, 3.8) is 0 Å². The Bertz CT molecular complexity index is 139. The number of ketones is 1. The van der Waals surface area contributed by atoms with Gasteiger partial charge in [0.15, 0.2) is 0 Å². The lowest BCUT2D eigenvalue weighted by Crippen LogP contribution is -2.21. The fraction of sp³-hybridized carbons (Fsp3) is 0.900. The average molecular weight is 169 g/mol. The van der Waals surface area contributed by atoms with Crippen molar-refractivity contribution in [2.75, 3.05) is 13.6 Å². The molecule has 1 N–H and O–H groups in total. The van der Waals surface area contributed by atoms with Crippen LogP contribution in [0.1, 0.15) is 38.5 Å². The van der Waals surface area contributed by atoms with E-state index in [1.165, 1.54) is 32.1 Å². The summed E-state index contributed by atoms with van der Waals surface area (Å²) >= 11 is 0. The lowest BCUT2D eigenvalue weighted by Gasteiger charge is -2.20. The predicted octanol–water partition coefficient (Wildman–Crippen LogP) is 1.75. The molecule has 0 atom stereocenters. The van der Waals surface area contributed by atoms with E-state index in [4.69, 9.17) is 0 Å². The number of hydrogen-bond donors (Lipinski definition) is 1. The average Bonchev–Trinajstić information content (AvgIpc) is 2.06.